The molecule has 0 aliphatic carbocycles. The fraction of sp³-hybridized carbons (Fsp3) is 0.517. The maximum Gasteiger partial charge on any atom is 0.338 e. The molecular weight excluding hydrogens is 813 g/mol. The fourth-order valence-electron chi connectivity index (χ4n) is 9.65. The van der Waals surface area contributed by atoms with E-state index in [9.17, 15) is 9.59 Å². The third-order valence-corrected chi connectivity index (χ3v) is 13.5. The molecule has 0 aromatic heterocycles. The lowest BCUT2D eigenvalue weighted by Gasteiger charge is -2.45. The summed E-state index contributed by atoms with van der Waals surface area (Å²) in [7, 11) is 0. The predicted octanol–water partition coefficient (Wildman–Crippen LogP) is 16.8. The average molecular weight is 893 g/mol. The molecule has 4 aromatic rings. The van der Waals surface area contributed by atoms with Crippen molar-refractivity contribution in [3.8, 4) is 0 Å². The molecule has 4 amide bonds. The molecular formula is C58H80N6O2. The molecule has 2 heterocycles. The van der Waals surface area contributed by atoms with Crippen LogP contribution >= 0.6 is 0 Å². The Kier molecular flexibility index (Phi) is 16.1. The minimum atomic E-state index is -0.0195. The molecule has 0 atom stereocenters. The number of rotatable bonds is 19. The quantitative estimate of drug-likeness (QED) is 0.0880. The molecule has 2 saturated heterocycles. The molecule has 0 spiro atoms. The molecule has 2 fully saturated rings. The van der Waals surface area contributed by atoms with Crippen LogP contribution in [0.2, 0.25) is 0 Å². The van der Waals surface area contributed by atoms with E-state index < -0.39 is 0 Å². The number of hydrogen-bond acceptors (Lipinski definition) is 4. The Balaban J connectivity index is 1.28. The Morgan fingerprint density at radius 2 is 0.576 bits per heavy atom. The lowest BCUT2D eigenvalue weighted by Crippen LogP contribution is -2.66. The van der Waals surface area contributed by atoms with E-state index in [0.29, 0.717) is 25.0 Å². The summed E-state index contributed by atoms with van der Waals surface area (Å²) in [4.78, 5) is 47.7. The lowest BCUT2D eigenvalue weighted by molar-refractivity contribution is 0.214. The molecule has 0 N–H and O–H groups in total. The van der Waals surface area contributed by atoms with Gasteiger partial charge in [0.1, 0.15) is 0 Å². The number of guanidine groups is 2. The second-order valence-electron chi connectivity index (χ2n) is 21.2. The molecule has 354 valence electrons. The molecule has 0 saturated carbocycles. The molecule has 2 aliphatic heterocycles. The van der Waals surface area contributed by atoms with Crippen molar-refractivity contribution in [1.29, 1.82) is 0 Å². The Hall–Kier alpha value is -5.24. The number of para-hydroxylation sites is 4. The van der Waals surface area contributed by atoms with Gasteiger partial charge in [-0.25, -0.2) is 29.4 Å². The van der Waals surface area contributed by atoms with Crippen molar-refractivity contribution in [2.75, 3.05) is 22.9 Å². The molecule has 8 heteroatoms. The first kappa shape index (κ1) is 50.2. The van der Waals surface area contributed by atoms with E-state index in [0.717, 1.165) is 70.7 Å². The summed E-state index contributed by atoms with van der Waals surface area (Å²) in [5.74, 6) is 3.44. The largest absolute Gasteiger partial charge is 0.338 e. The van der Waals surface area contributed by atoms with Crippen LogP contribution in [-0.4, -0.2) is 46.9 Å². The van der Waals surface area contributed by atoms with E-state index in [-0.39, 0.29) is 59.4 Å². The highest BCUT2D eigenvalue weighted by molar-refractivity contribution is 6.32. The van der Waals surface area contributed by atoms with Crippen molar-refractivity contribution >= 4 is 46.7 Å². The molecule has 66 heavy (non-hydrogen) atoms. The summed E-state index contributed by atoms with van der Waals surface area (Å²) in [5.41, 5.74) is 13.3. The van der Waals surface area contributed by atoms with Crippen LogP contribution in [-0.2, 0) is 0 Å². The van der Waals surface area contributed by atoms with E-state index in [1.165, 1.54) is 22.3 Å². The second-order valence-corrected chi connectivity index (χ2v) is 21.2. The monoisotopic (exact) mass is 893 g/mol. The zero-order valence-corrected chi connectivity index (χ0v) is 43.3. The number of amides is 4. The number of urea groups is 2. The normalized spacial score (nSPS) is 15.8. The van der Waals surface area contributed by atoms with Gasteiger partial charge < -0.3 is 0 Å². The average Bonchev–Trinajstić information content (AvgIpc) is 3.26. The van der Waals surface area contributed by atoms with E-state index in [2.05, 4.69) is 184 Å². The molecule has 6 rings (SSSR count). The number of anilines is 2. The first-order chi connectivity index (χ1) is 31.3. The lowest BCUT2D eigenvalue weighted by atomic mass is 9.91. The van der Waals surface area contributed by atoms with Crippen LogP contribution in [0.4, 0.5) is 32.3 Å². The number of nitrogens with zero attached hydrogens (tertiary/aromatic N) is 6. The Labute approximate surface area is 398 Å². The van der Waals surface area contributed by atoms with Crippen molar-refractivity contribution in [3.05, 3.63) is 117 Å². The smallest absolute Gasteiger partial charge is 0.263 e. The Morgan fingerprint density at radius 3 is 0.803 bits per heavy atom. The summed E-state index contributed by atoms with van der Waals surface area (Å²) in [6.45, 7) is 36.5. The summed E-state index contributed by atoms with van der Waals surface area (Å²) in [6, 6.07) is 25.9. The van der Waals surface area contributed by atoms with Gasteiger partial charge in [0.15, 0.2) is 0 Å². The number of hydrogen-bond donors (Lipinski definition) is 0. The molecule has 2 aliphatic rings. The maximum absolute atomic E-state index is 14.5. The Morgan fingerprint density at radius 1 is 0.348 bits per heavy atom. The third-order valence-electron chi connectivity index (χ3n) is 13.5. The number of benzene rings is 4. The first-order valence-corrected chi connectivity index (χ1v) is 25.2. The van der Waals surface area contributed by atoms with Gasteiger partial charge in [-0.05, 0) is 105 Å². The Bertz CT molecular complexity index is 2160. The van der Waals surface area contributed by atoms with Crippen LogP contribution in [0.15, 0.2) is 82.8 Å². The van der Waals surface area contributed by atoms with E-state index in [1.807, 2.05) is 19.6 Å². The summed E-state index contributed by atoms with van der Waals surface area (Å²) in [5, 5.41) is 0. The zero-order valence-electron chi connectivity index (χ0n) is 43.3. The van der Waals surface area contributed by atoms with E-state index >= 15 is 0 Å². The second kappa shape index (κ2) is 21.2. The summed E-state index contributed by atoms with van der Waals surface area (Å²) < 4.78 is 0. The maximum atomic E-state index is 14.5. The van der Waals surface area contributed by atoms with Crippen molar-refractivity contribution in [3.63, 3.8) is 0 Å². The van der Waals surface area contributed by atoms with E-state index in [4.69, 9.17) is 9.98 Å². The van der Waals surface area contributed by atoms with Gasteiger partial charge in [-0.1, -0.05) is 196 Å². The number of carbonyl (C=O) groups is 2. The first-order valence-electron chi connectivity index (χ1n) is 25.2. The van der Waals surface area contributed by atoms with Gasteiger partial charge in [0.2, 0.25) is 11.9 Å². The van der Waals surface area contributed by atoms with Gasteiger partial charge in [0.05, 0.1) is 22.7 Å². The molecule has 8 nitrogen and oxygen atoms in total. The van der Waals surface area contributed by atoms with Crippen molar-refractivity contribution < 1.29 is 9.59 Å². The van der Waals surface area contributed by atoms with Crippen molar-refractivity contribution in [2.24, 2.45) is 9.98 Å². The summed E-state index contributed by atoms with van der Waals surface area (Å²) in [6.07, 6.45) is 3.47. The zero-order chi connectivity index (χ0) is 48.3. The molecule has 0 radical (unpaired) electrons. The van der Waals surface area contributed by atoms with Crippen LogP contribution < -0.4 is 9.80 Å². The highest BCUT2D eigenvalue weighted by Crippen LogP contribution is 2.44. The van der Waals surface area contributed by atoms with Crippen molar-refractivity contribution in [2.45, 2.75) is 184 Å². The topological polar surface area (TPSA) is 71.8 Å². The minimum Gasteiger partial charge on any atom is -0.263 e. The highest BCUT2D eigenvalue weighted by Gasteiger charge is 2.46. The summed E-state index contributed by atoms with van der Waals surface area (Å²) >= 11 is 0. The molecule has 0 unspecified atom stereocenters. The van der Waals surface area contributed by atoms with Crippen LogP contribution in [0.25, 0.3) is 0 Å². The van der Waals surface area contributed by atoms with Gasteiger partial charge in [0, 0.05) is 13.1 Å². The standard InChI is InChI=1S/C58H80N6O2/c1-35(2)43-25-21-26-44(36(3)4)51(43)59-55-61(57(65)63(55)53-47(39(9)10)29-23-30-48(53)40(11)12)33-19-17-18-20-34-62-56(60-52-45(37(5)6)27-22-28-46(52)38(7)8)64(58(62)66)54-49(41(13)14)31-24-32-50(54)42(15)16/h21-32,35-42H,17-20,33-34H2,1-16H3. The number of aliphatic imine (C=N–C) groups is 2. The predicted molar refractivity (Wildman–Crippen MR) is 280 cm³/mol. The van der Waals surface area contributed by atoms with Gasteiger partial charge in [-0.15, -0.1) is 0 Å². The number of unbranched alkanes of at least 4 members (excludes halogenated alkanes) is 3. The fourth-order valence-corrected chi connectivity index (χ4v) is 9.65. The minimum absolute atomic E-state index is 0.0195. The third kappa shape index (κ3) is 10.0. The molecule has 0 bridgehead atoms. The molecule has 4 aromatic carbocycles. The van der Waals surface area contributed by atoms with Gasteiger partial charge in [-0.3, -0.25) is 9.80 Å². The van der Waals surface area contributed by atoms with Crippen LogP contribution in [0.1, 0.15) is 228 Å². The SMILES string of the molecule is CC(C)c1cccc(C(C)C)c1N=C1N(CCCCCCN2C(=O)N(c3c(C(C)C)cccc3C(C)C)C2=Nc2c(C(C)C)cccc2C(C)C)C(=O)N1c1c(C(C)C)cccc1C(C)C. The van der Waals surface area contributed by atoms with E-state index in [1.54, 1.807) is 0 Å². The van der Waals surface area contributed by atoms with Crippen LogP contribution in [0.3, 0.4) is 0 Å². The van der Waals surface area contributed by atoms with Crippen LogP contribution in [0.5, 0.6) is 0 Å². The highest BCUT2D eigenvalue weighted by atomic mass is 16.2. The van der Waals surface area contributed by atoms with Gasteiger partial charge >= 0.3 is 12.1 Å². The van der Waals surface area contributed by atoms with Gasteiger partial charge in [0.25, 0.3) is 0 Å². The number of carbonyl (C=O) groups excluding carboxylic acids is 2. The van der Waals surface area contributed by atoms with Crippen molar-refractivity contribution in [1.82, 2.24) is 9.80 Å². The van der Waals surface area contributed by atoms with Crippen LogP contribution in [0, 0.1) is 0 Å². The van der Waals surface area contributed by atoms with Gasteiger partial charge in [-0.2, -0.15) is 0 Å².